The van der Waals surface area contributed by atoms with Gasteiger partial charge in [0.2, 0.25) is 5.88 Å². The molecule has 3 nitrogen and oxygen atoms in total. The molecule has 1 aliphatic carbocycles. The highest BCUT2D eigenvalue weighted by atomic mass is 35.5. The van der Waals surface area contributed by atoms with Crippen molar-refractivity contribution in [3.63, 3.8) is 0 Å². The van der Waals surface area contributed by atoms with Gasteiger partial charge in [0.1, 0.15) is 17.0 Å². The Morgan fingerprint density at radius 1 is 1.21 bits per heavy atom. The Balaban J connectivity index is 1.96. The van der Waals surface area contributed by atoms with Crippen molar-refractivity contribution in [1.82, 2.24) is 4.98 Å². The lowest BCUT2D eigenvalue weighted by atomic mass is 10.1. The average molecular weight is 278 g/mol. The van der Waals surface area contributed by atoms with Crippen molar-refractivity contribution in [3.8, 4) is 11.6 Å². The van der Waals surface area contributed by atoms with E-state index in [9.17, 15) is 0 Å². The van der Waals surface area contributed by atoms with E-state index < -0.39 is 0 Å². The number of hydrogen-bond donors (Lipinski definition) is 0. The largest absolute Gasteiger partial charge is 0.497 e. The highest BCUT2D eigenvalue weighted by Gasteiger charge is 2.17. The predicted molar refractivity (Wildman–Crippen MR) is 76.2 cm³/mol. The van der Waals surface area contributed by atoms with Crippen molar-refractivity contribution in [2.75, 3.05) is 7.11 Å². The molecule has 1 heterocycles. The van der Waals surface area contributed by atoms with Crippen molar-refractivity contribution in [2.24, 2.45) is 0 Å². The Labute approximate surface area is 117 Å². The van der Waals surface area contributed by atoms with Crippen LogP contribution in [-0.2, 0) is 0 Å². The first kappa shape index (κ1) is 12.5. The number of aromatic nitrogens is 1. The monoisotopic (exact) mass is 277 g/mol. The van der Waals surface area contributed by atoms with Crippen LogP contribution in [-0.4, -0.2) is 18.2 Å². The van der Waals surface area contributed by atoms with Crippen LogP contribution in [0.2, 0.25) is 5.15 Å². The number of benzene rings is 1. The zero-order chi connectivity index (χ0) is 13.2. The van der Waals surface area contributed by atoms with E-state index in [2.05, 4.69) is 4.98 Å². The van der Waals surface area contributed by atoms with Gasteiger partial charge in [-0.3, -0.25) is 0 Å². The van der Waals surface area contributed by atoms with Gasteiger partial charge >= 0.3 is 0 Å². The molecule has 0 bridgehead atoms. The fourth-order valence-corrected chi connectivity index (χ4v) is 2.79. The molecule has 0 spiro atoms. The molecule has 0 unspecified atom stereocenters. The minimum Gasteiger partial charge on any atom is -0.497 e. The summed E-state index contributed by atoms with van der Waals surface area (Å²) >= 11 is 6.21. The van der Waals surface area contributed by atoms with E-state index in [1.54, 1.807) is 7.11 Å². The summed E-state index contributed by atoms with van der Waals surface area (Å²) in [6.45, 7) is 0. The zero-order valence-electron chi connectivity index (χ0n) is 10.9. The van der Waals surface area contributed by atoms with Crippen LogP contribution in [0.25, 0.3) is 10.8 Å². The maximum atomic E-state index is 6.21. The zero-order valence-corrected chi connectivity index (χ0v) is 11.6. The van der Waals surface area contributed by atoms with Crippen molar-refractivity contribution in [3.05, 3.63) is 29.4 Å². The van der Waals surface area contributed by atoms with Crippen LogP contribution in [0.1, 0.15) is 25.7 Å². The minimum atomic E-state index is 0.284. The van der Waals surface area contributed by atoms with Crippen molar-refractivity contribution in [1.29, 1.82) is 0 Å². The second-order valence-electron chi connectivity index (χ2n) is 4.86. The normalized spacial score (nSPS) is 15.9. The van der Waals surface area contributed by atoms with Gasteiger partial charge in [-0.05, 0) is 49.3 Å². The Bertz CT molecular complexity index is 594. The fourth-order valence-electron chi connectivity index (χ4n) is 2.53. The summed E-state index contributed by atoms with van der Waals surface area (Å²) in [6.07, 6.45) is 4.97. The van der Waals surface area contributed by atoms with E-state index in [0.717, 1.165) is 29.4 Å². The van der Waals surface area contributed by atoms with Crippen LogP contribution in [0.4, 0.5) is 0 Å². The molecule has 100 valence electrons. The highest BCUT2D eigenvalue weighted by molar-refractivity contribution is 6.34. The molecule has 4 heteroatoms. The average Bonchev–Trinajstić information content (AvgIpc) is 2.91. The number of pyridine rings is 1. The number of nitrogens with zero attached hydrogens (tertiary/aromatic N) is 1. The van der Waals surface area contributed by atoms with Crippen molar-refractivity contribution in [2.45, 2.75) is 31.8 Å². The fraction of sp³-hybridized carbons (Fsp3) is 0.400. The van der Waals surface area contributed by atoms with Gasteiger partial charge < -0.3 is 9.47 Å². The summed E-state index contributed by atoms with van der Waals surface area (Å²) in [5, 5.41) is 2.39. The summed E-state index contributed by atoms with van der Waals surface area (Å²) < 4.78 is 11.1. The van der Waals surface area contributed by atoms with Gasteiger partial charge in [-0.2, -0.15) is 0 Å². The third kappa shape index (κ3) is 2.61. The second-order valence-corrected chi connectivity index (χ2v) is 5.22. The van der Waals surface area contributed by atoms with E-state index in [0.29, 0.717) is 11.0 Å². The van der Waals surface area contributed by atoms with E-state index in [1.807, 2.05) is 24.3 Å². The van der Waals surface area contributed by atoms with Crippen LogP contribution < -0.4 is 9.47 Å². The first-order valence-corrected chi connectivity index (χ1v) is 6.95. The lowest BCUT2D eigenvalue weighted by Crippen LogP contribution is -2.11. The highest BCUT2D eigenvalue weighted by Crippen LogP contribution is 2.30. The lowest BCUT2D eigenvalue weighted by molar-refractivity contribution is 0.202. The van der Waals surface area contributed by atoms with Crippen LogP contribution in [0.3, 0.4) is 0 Å². The van der Waals surface area contributed by atoms with Gasteiger partial charge in [0.05, 0.1) is 7.11 Å². The second kappa shape index (κ2) is 5.25. The van der Waals surface area contributed by atoms with Crippen LogP contribution in [0, 0.1) is 0 Å². The Morgan fingerprint density at radius 3 is 2.74 bits per heavy atom. The molecule has 1 fully saturated rings. The number of halogens is 1. The molecule has 1 saturated carbocycles. The number of fused-ring (bicyclic) bond motifs is 1. The first-order valence-electron chi connectivity index (χ1n) is 6.57. The van der Waals surface area contributed by atoms with Crippen LogP contribution >= 0.6 is 11.6 Å². The molecule has 2 aromatic rings. The Kier molecular flexibility index (Phi) is 3.47. The molecule has 19 heavy (non-hydrogen) atoms. The minimum absolute atomic E-state index is 0.284. The molecule has 0 radical (unpaired) electrons. The Hall–Kier alpha value is -1.48. The Morgan fingerprint density at radius 2 is 2.00 bits per heavy atom. The molecule has 0 aliphatic heterocycles. The summed E-state index contributed by atoms with van der Waals surface area (Å²) in [5.74, 6) is 1.42. The quantitative estimate of drug-likeness (QED) is 0.787. The maximum absolute atomic E-state index is 6.21. The van der Waals surface area contributed by atoms with Gasteiger partial charge in [-0.25, -0.2) is 4.98 Å². The molecular formula is C15H16ClNO2. The third-order valence-corrected chi connectivity index (χ3v) is 3.85. The summed E-state index contributed by atoms with van der Waals surface area (Å²) in [6, 6.07) is 7.68. The van der Waals surface area contributed by atoms with Gasteiger partial charge in [0.15, 0.2) is 0 Å². The summed E-state index contributed by atoms with van der Waals surface area (Å²) in [4.78, 5) is 4.32. The number of hydrogen-bond acceptors (Lipinski definition) is 3. The van der Waals surface area contributed by atoms with E-state index >= 15 is 0 Å². The van der Waals surface area contributed by atoms with Gasteiger partial charge in [-0.1, -0.05) is 11.6 Å². The van der Waals surface area contributed by atoms with E-state index in [1.165, 1.54) is 12.8 Å². The maximum Gasteiger partial charge on any atom is 0.215 e. The molecule has 0 atom stereocenters. The molecular weight excluding hydrogens is 262 g/mol. The van der Waals surface area contributed by atoms with Gasteiger partial charge in [0.25, 0.3) is 0 Å². The third-order valence-electron chi connectivity index (χ3n) is 3.56. The van der Waals surface area contributed by atoms with Crippen molar-refractivity contribution >= 4 is 22.4 Å². The lowest BCUT2D eigenvalue weighted by Gasteiger charge is -2.13. The van der Waals surface area contributed by atoms with Crippen molar-refractivity contribution < 1.29 is 9.47 Å². The SMILES string of the molecule is COc1ccc2c(Cl)nc(OC3CCCC3)cc2c1. The molecule has 0 amide bonds. The number of methoxy groups -OCH3 is 1. The molecule has 0 saturated heterocycles. The predicted octanol–water partition coefficient (Wildman–Crippen LogP) is 4.22. The standard InChI is InChI=1S/C15H16ClNO2/c1-18-12-6-7-13-10(8-12)9-14(17-15(13)16)19-11-4-2-3-5-11/h6-9,11H,2-5H2,1H3. The topological polar surface area (TPSA) is 31.4 Å². The molecule has 3 rings (SSSR count). The van der Waals surface area contributed by atoms with Gasteiger partial charge in [-0.15, -0.1) is 0 Å². The van der Waals surface area contributed by atoms with E-state index in [-0.39, 0.29) is 6.10 Å². The smallest absolute Gasteiger partial charge is 0.215 e. The number of ether oxygens (including phenoxy) is 2. The van der Waals surface area contributed by atoms with E-state index in [4.69, 9.17) is 21.1 Å². The summed E-state index contributed by atoms with van der Waals surface area (Å²) in [5.41, 5.74) is 0. The van der Waals surface area contributed by atoms with Crippen LogP contribution in [0.5, 0.6) is 11.6 Å². The number of rotatable bonds is 3. The molecule has 1 aromatic carbocycles. The molecule has 1 aromatic heterocycles. The first-order chi connectivity index (χ1) is 9.26. The van der Waals surface area contributed by atoms with Gasteiger partial charge in [0, 0.05) is 11.5 Å². The molecule has 1 aliphatic rings. The molecule has 0 N–H and O–H groups in total. The summed E-state index contributed by atoms with van der Waals surface area (Å²) in [7, 11) is 1.65. The van der Waals surface area contributed by atoms with Crippen LogP contribution in [0.15, 0.2) is 24.3 Å².